The Labute approximate surface area is 86.9 Å². The van der Waals surface area contributed by atoms with Gasteiger partial charge < -0.3 is 10.4 Å². The number of halogens is 1. The molecule has 2 rings (SSSR count). The first-order valence-electron chi connectivity index (χ1n) is 4.87. The van der Waals surface area contributed by atoms with Crippen molar-refractivity contribution in [2.24, 2.45) is 5.92 Å². The second-order valence-corrected chi connectivity index (χ2v) is 3.95. The average molecular weight is 209 g/mol. The highest BCUT2D eigenvalue weighted by atomic mass is 19.1. The number of nitrogens with one attached hydrogen (secondary N) is 1. The lowest BCUT2D eigenvalue weighted by atomic mass is 10.2. The van der Waals surface area contributed by atoms with Crippen LogP contribution in [0.5, 0.6) is 5.75 Å². The molecule has 1 amide bonds. The first-order chi connectivity index (χ1) is 7.08. The van der Waals surface area contributed by atoms with Gasteiger partial charge in [0.15, 0.2) is 0 Å². The van der Waals surface area contributed by atoms with Gasteiger partial charge in [0.1, 0.15) is 11.6 Å². The van der Waals surface area contributed by atoms with Gasteiger partial charge in [0.05, 0.1) is 5.56 Å². The van der Waals surface area contributed by atoms with Crippen LogP contribution in [-0.2, 0) is 0 Å². The van der Waals surface area contributed by atoms with Crippen molar-refractivity contribution >= 4 is 5.91 Å². The molecule has 1 aliphatic carbocycles. The average Bonchev–Trinajstić information content (AvgIpc) is 2.81. The summed E-state index contributed by atoms with van der Waals surface area (Å²) < 4.78 is 12.7. The van der Waals surface area contributed by atoms with Crippen molar-refractivity contribution in [3.8, 4) is 5.75 Å². The molecule has 0 aliphatic heterocycles. The van der Waals surface area contributed by atoms with E-state index in [0.29, 0.717) is 5.92 Å². The molecule has 2 unspecified atom stereocenters. The topological polar surface area (TPSA) is 49.3 Å². The molecule has 4 heteroatoms. The maximum absolute atomic E-state index is 12.7. The monoisotopic (exact) mass is 209 g/mol. The molecular formula is C11H12FNO2. The molecule has 2 N–H and O–H groups in total. The van der Waals surface area contributed by atoms with E-state index < -0.39 is 5.82 Å². The van der Waals surface area contributed by atoms with Crippen molar-refractivity contribution in [1.82, 2.24) is 5.32 Å². The molecule has 80 valence electrons. The Bertz CT molecular complexity index is 406. The van der Waals surface area contributed by atoms with Gasteiger partial charge in [-0.2, -0.15) is 0 Å². The molecule has 1 aliphatic rings. The van der Waals surface area contributed by atoms with Crippen LogP contribution in [0.4, 0.5) is 4.39 Å². The summed E-state index contributed by atoms with van der Waals surface area (Å²) in [6.07, 6.45) is 0.966. The van der Waals surface area contributed by atoms with Crippen LogP contribution in [0, 0.1) is 11.7 Å². The van der Waals surface area contributed by atoms with E-state index in [-0.39, 0.29) is 23.3 Å². The van der Waals surface area contributed by atoms with Gasteiger partial charge in [-0.1, -0.05) is 6.92 Å². The highest BCUT2D eigenvalue weighted by Gasteiger charge is 2.34. The van der Waals surface area contributed by atoms with E-state index in [1.54, 1.807) is 0 Å². The zero-order chi connectivity index (χ0) is 11.0. The number of benzene rings is 1. The lowest BCUT2D eigenvalue weighted by molar-refractivity contribution is 0.0946. The number of phenolic OH excluding ortho intramolecular Hbond substituents is 1. The summed E-state index contributed by atoms with van der Waals surface area (Å²) in [6.45, 7) is 2.04. The van der Waals surface area contributed by atoms with E-state index in [4.69, 9.17) is 0 Å². The summed E-state index contributed by atoms with van der Waals surface area (Å²) in [5.74, 6) is -0.719. The van der Waals surface area contributed by atoms with E-state index in [9.17, 15) is 14.3 Å². The van der Waals surface area contributed by atoms with Crippen molar-refractivity contribution in [3.63, 3.8) is 0 Å². The van der Waals surface area contributed by atoms with Crippen molar-refractivity contribution in [3.05, 3.63) is 29.6 Å². The lowest BCUT2D eigenvalue weighted by Crippen LogP contribution is -2.26. The first-order valence-corrected chi connectivity index (χ1v) is 4.87. The third-order valence-corrected chi connectivity index (χ3v) is 2.63. The molecule has 0 heterocycles. The summed E-state index contributed by atoms with van der Waals surface area (Å²) in [4.78, 5) is 11.6. The molecular weight excluding hydrogens is 197 g/mol. The third kappa shape index (κ3) is 2.09. The van der Waals surface area contributed by atoms with E-state index in [2.05, 4.69) is 5.32 Å². The number of rotatable bonds is 2. The molecule has 3 nitrogen and oxygen atoms in total. The maximum Gasteiger partial charge on any atom is 0.255 e. The van der Waals surface area contributed by atoms with Gasteiger partial charge in [-0.25, -0.2) is 4.39 Å². The van der Waals surface area contributed by atoms with Crippen LogP contribution >= 0.6 is 0 Å². The smallest absolute Gasteiger partial charge is 0.255 e. The van der Waals surface area contributed by atoms with Gasteiger partial charge >= 0.3 is 0 Å². The third-order valence-electron chi connectivity index (χ3n) is 2.63. The minimum atomic E-state index is -0.552. The number of amides is 1. The number of hydrogen-bond acceptors (Lipinski definition) is 2. The first kappa shape index (κ1) is 9.96. The summed E-state index contributed by atoms with van der Waals surface area (Å²) >= 11 is 0. The summed E-state index contributed by atoms with van der Waals surface area (Å²) in [5.41, 5.74) is 0.121. The fourth-order valence-corrected chi connectivity index (χ4v) is 1.47. The molecule has 2 atom stereocenters. The maximum atomic E-state index is 12.7. The number of carbonyl (C=O) groups is 1. The minimum Gasteiger partial charge on any atom is -0.507 e. The Balaban J connectivity index is 2.11. The Hall–Kier alpha value is -1.58. The van der Waals surface area contributed by atoms with E-state index in [1.165, 1.54) is 6.07 Å². The molecule has 1 fully saturated rings. The molecule has 1 aromatic rings. The van der Waals surface area contributed by atoms with Crippen LogP contribution in [-0.4, -0.2) is 17.1 Å². The molecule has 0 bridgehead atoms. The predicted molar refractivity (Wildman–Crippen MR) is 53.1 cm³/mol. The predicted octanol–water partition coefficient (Wildman–Crippen LogP) is 1.67. The van der Waals surface area contributed by atoms with Gasteiger partial charge in [-0.3, -0.25) is 4.79 Å². The standard InChI is InChI=1S/C11H12FNO2/c1-6-4-9(6)13-11(15)8-3-2-7(12)5-10(8)14/h2-3,5-6,9,14H,4H2,1H3,(H,13,15). The van der Waals surface area contributed by atoms with Gasteiger partial charge in [-0.05, 0) is 24.5 Å². The van der Waals surface area contributed by atoms with Gasteiger partial charge in [0, 0.05) is 12.1 Å². The van der Waals surface area contributed by atoms with E-state index >= 15 is 0 Å². The zero-order valence-electron chi connectivity index (χ0n) is 8.33. The van der Waals surface area contributed by atoms with Crippen molar-refractivity contribution < 1.29 is 14.3 Å². The minimum absolute atomic E-state index is 0.121. The summed E-state index contributed by atoms with van der Waals surface area (Å²) in [7, 11) is 0. The molecule has 0 aromatic heterocycles. The van der Waals surface area contributed by atoms with E-state index in [1.807, 2.05) is 6.92 Å². The number of carbonyl (C=O) groups excluding carboxylic acids is 1. The molecule has 1 aromatic carbocycles. The molecule has 1 saturated carbocycles. The van der Waals surface area contributed by atoms with Crippen LogP contribution in [0.3, 0.4) is 0 Å². The Morgan fingerprint density at radius 1 is 1.60 bits per heavy atom. The second-order valence-electron chi connectivity index (χ2n) is 3.95. The Morgan fingerprint density at radius 3 is 2.80 bits per heavy atom. The lowest BCUT2D eigenvalue weighted by Gasteiger charge is -2.05. The molecule has 0 spiro atoms. The number of aromatic hydroxyl groups is 1. The Kier molecular flexibility index (Phi) is 2.34. The van der Waals surface area contributed by atoms with E-state index in [0.717, 1.165) is 18.6 Å². The Morgan fingerprint density at radius 2 is 2.27 bits per heavy atom. The van der Waals surface area contributed by atoms with Crippen LogP contribution in [0.15, 0.2) is 18.2 Å². The fraction of sp³-hybridized carbons (Fsp3) is 0.364. The van der Waals surface area contributed by atoms with Crippen molar-refractivity contribution in [1.29, 1.82) is 0 Å². The highest BCUT2D eigenvalue weighted by molar-refractivity contribution is 5.97. The quantitative estimate of drug-likeness (QED) is 0.778. The van der Waals surface area contributed by atoms with Crippen molar-refractivity contribution in [2.45, 2.75) is 19.4 Å². The molecule has 0 radical (unpaired) electrons. The fourth-order valence-electron chi connectivity index (χ4n) is 1.47. The van der Waals surface area contributed by atoms with Crippen LogP contribution in [0.1, 0.15) is 23.7 Å². The highest BCUT2D eigenvalue weighted by Crippen LogP contribution is 2.29. The molecule has 0 saturated heterocycles. The van der Waals surface area contributed by atoms with Gasteiger partial charge in [0.2, 0.25) is 0 Å². The van der Waals surface area contributed by atoms with Crippen LogP contribution in [0.25, 0.3) is 0 Å². The molecule has 15 heavy (non-hydrogen) atoms. The van der Waals surface area contributed by atoms with Crippen LogP contribution in [0.2, 0.25) is 0 Å². The van der Waals surface area contributed by atoms with Gasteiger partial charge in [0.25, 0.3) is 5.91 Å². The van der Waals surface area contributed by atoms with Crippen molar-refractivity contribution in [2.75, 3.05) is 0 Å². The second kappa shape index (κ2) is 3.53. The zero-order valence-corrected chi connectivity index (χ0v) is 8.33. The largest absolute Gasteiger partial charge is 0.507 e. The normalized spacial score (nSPS) is 23.6. The summed E-state index contributed by atoms with van der Waals surface area (Å²) in [6, 6.07) is 3.57. The number of phenols is 1. The SMILES string of the molecule is CC1CC1NC(=O)c1ccc(F)cc1O. The van der Waals surface area contributed by atoms with Gasteiger partial charge in [-0.15, -0.1) is 0 Å². The van der Waals surface area contributed by atoms with Crippen LogP contribution < -0.4 is 5.32 Å². The summed E-state index contributed by atoms with van der Waals surface area (Å²) in [5, 5.41) is 12.1. The number of hydrogen-bond donors (Lipinski definition) is 2.